The van der Waals surface area contributed by atoms with Gasteiger partial charge < -0.3 is 9.84 Å². The van der Waals surface area contributed by atoms with Gasteiger partial charge in [0.1, 0.15) is 4.91 Å². The molecule has 3 aromatic rings. The van der Waals surface area contributed by atoms with Gasteiger partial charge in [0, 0.05) is 22.7 Å². The molecule has 0 spiro atoms. The zero-order valence-corrected chi connectivity index (χ0v) is 21.0. The first-order valence-electron chi connectivity index (χ1n) is 10.5. The summed E-state index contributed by atoms with van der Waals surface area (Å²) in [5.41, 5.74) is 2.89. The first-order chi connectivity index (χ1) is 17.1. The van der Waals surface area contributed by atoms with Crippen LogP contribution in [-0.2, 0) is 14.6 Å². The summed E-state index contributed by atoms with van der Waals surface area (Å²) in [7, 11) is -4.30. The van der Waals surface area contributed by atoms with Gasteiger partial charge in [-0.05, 0) is 49.1 Å². The molecule has 36 heavy (non-hydrogen) atoms. The van der Waals surface area contributed by atoms with Crippen LogP contribution in [0.4, 0.5) is 11.4 Å². The SMILES string of the molecule is CCOC([O-])=C1NN(c2ccc(Cl)cc2Cl)C(c2ccc([N+](=O)[O-])cc2)=C1S(=O)(=O)c1ccccc1. The maximum absolute atomic E-state index is 13.9. The zero-order valence-electron chi connectivity index (χ0n) is 18.6. The highest BCUT2D eigenvalue weighted by molar-refractivity contribution is 7.95. The van der Waals surface area contributed by atoms with Crippen molar-refractivity contribution in [3.05, 3.63) is 115 Å². The fourth-order valence-corrected chi connectivity index (χ4v) is 5.71. The Morgan fingerprint density at radius 3 is 2.31 bits per heavy atom. The number of sulfone groups is 1. The number of non-ortho nitro benzene ring substituents is 1. The molecule has 0 saturated heterocycles. The van der Waals surface area contributed by atoms with E-state index >= 15 is 0 Å². The van der Waals surface area contributed by atoms with Crippen molar-refractivity contribution in [3.63, 3.8) is 0 Å². The van der Waals surface area contributed by atoms with Crippen LogP contribution in [0.1, 0.15) is 12.5 Å². The minimum atomic E-state index is -4.30. The zero-order chi connectivity index (χ0) is 26.0. The van der Waals surface area contributed by atoms with Gasteiger partial charge in [0.2, 0.25) is 9.84 Å². The van der Waals surface area contributed by atoms with Crippen molar-refractivity contribution in [2.45, 2.75) is 11.8 Å². The Balaban J connectivity index is 2.08. The Hall–Kier alpha value is -3.73. The Kier molecular flexibility index (Phi) is 7.11. The molecule has 186 valence electrons. The number of hydrogen-bond acceptors (Lipinski definition) is 8. The van der Waals surface area contributed by atoms with Crippen LogP contribution in [0.3, 0.4) is 0 Å². The normalized spacial score (nSPS) is 15.0. The van der Waals surface area contributed by atoms with Gasteiger partial charge in [0.25, 0.3) is 5.69 Å². The molecule has 0 aromatic heterocycles. The lowest BCUT2D eigenvalue weighted by Crippen LogP contribution is -2.32. The van der Waals surface area contributed by atoms with Crippen molar-refractivity contribution in [2.75, 3.05) is 11.6 Å². The largest absolute Gasteiger partial charge is 0.612 e. The number of hydrogen-bond donors (Lipinski definition) is 1. The van der Waals surface area contributed by atoms with E-state index in [-0.39, 0.29) is 49.8 Å². The molecular formula is C24H18Cl2N3O6S-. The molecule has 0 unspecified atom stereocenters. The molecule has 3 aromatic carbocycles. The summed E-state index contributed by atoms with van der Waals surface area (Å²) in [6.45, 7) is 1.59. The van der Waals surface area contributed by atoms with E-state index in [2.05, 4.69) is 5.43 Å². The predicted octanol–water partition coefficient (Wildman–Crippen LogP) is 4.63. The molecule has 0 radical (unpaired) electrons. The maximum Gasteiger partial charge on any atom is 0.269 e. The molecule has 0 saturated carbocycles. The number of nitrogens with one attached hydrogen (secondary N) is 1. The fraction of sp³-hybridized carbons (Fsp3) is 0.0833. The highest BCUT2D eigenvalue weighted by Gasteiger charge is 2.39. The van der Waals surface area contributed by atoms with E-state index in [0.29, 0.717) is 5.02 Å². The monoisotopic (exact) mass is 546 g/mol. The van der Waals surface area contributed by atoms with Crippen LogP contribution >= 0.6 is 23.2 Å². The van der Waals surface area contributed by atoms with Gasteiger partial charge in [-0.3, -0.25) is 20.5 Å². The topological polar surface area (TPSA) is 125 Å². The summed E-state index contributed by atoms with van der Waals surface area (Å²) >= 11 is 12.5. The van der Waals surface area contributed by atoms with E-state index in [1.807, 2.05) is 0 Å². The molecule has 0 aliphatic carbocycles. The molecule has 0 bridgehead atoms. The van der Waals surface area contributed by atoms with Crippen LogP contribution in [0.5, 0.6) is 0 Å². The van der Waals surface area contributed by atoms with Crippen molar-refractivity contribution >= 4 is 50.1 Å². The second kappa shape index (κ2) is 10.1. The summed E-state index contributed by atoms with van der Waals surface area (Å²) in [4.78, 5) is 10.2. The number of nitrogens with zero attached hydrogens (tertiary/aromatic N) is 2. The van der Waals surface area contributed by atoms with Crippen LogP contribution in [-0.4, -0.2) is 19.9 Å². The summed E-state index contributed by atoms with van der Waals surface area (Å²) < 4.78 is 33.0. The van der Waals surface area contributed by atoms with E-state index in [0.717, 1.165) is 0 Å². The number of hydrazine groups is 1. The first-order valence-corrected chi connectivity index (χ1v) is 12.7. The van der Waals surface area contributed by atoms with Crippen LogP contribution < -0.4 is 15.5 Å². The predicted molar refractivity (Wildman–Crippen MR) is 134 cm³/mol. The van der Waals surface area contributed by atoms with E-state index in [4.69, 9.17) is 27.9 Å². The van der Waals surface area contributed by atoms with Crippen LogP contribution in [0, 0.1) is 10.1 Å². The fourth-order valence-electron chi connectivity index (χ4n) is 3.60. The van der Waals surface area contributed by atoms with Crippen LogP contribution in [0.2, 0.25) is 10.0 Å². The van der Waals surface area contributed by atoms with Gasteiger partial charge in [-0.2, -0.15) is 0 Å². The number of ether oxygens (including phenoxy) is 1. The van der Waals surface area contributed by atoms with Crippen molar-refractivity contribution in [3.8, 4) is 0 Å². The summed E-state index contributed by atoms with van der Waals surface area (Å²) in [5, 5.41) is 26.0. The molecule has 0 amide bonds. The molecule has 1 N–H and O–H groups in total. The molecule has 1 aliphatic rings. The molecular weight excluding hydrogens is 529 g/mol. The molecule has 0 fully saturated rings. The maximum atomic E-state index is 13.9. The van der Waals surface area contributed by atoms with E-state index in [1.54, 1.807) is 37.3 Å². The molecule has 4 rings (SSSR count). The summed E-state index contributed by atoms with van der Waals surface area (Å²) in [5.74, 6) is -0.904. The highest BCUT2D eigenvalue weighted by atomic mass is 35.5. The Bertz CT molecular complexity index is 1490. The number of benzene rings is 3. The second-order valence-electron chi connectivity index (χ2n) is 7.44. The van der Waals surface area contributed by atoms with Crippen molar-refractivity contribution in [2.24, 2.45) is 0 Å². The third-order valence-electron chi connectivity index (χ3n) is 5.19. The lowest BCUT2D eigenvalue weighted by molar-refractivity contribution is -0.384. The Labute approximate surface area is 216 Å². The summed E-state index contributed by atoms with van der Waals surface area (Å²) in [6, 6.07) is 17.4. The molecule has 1 aliphatic heterocycles. The van der Waals surface area contributed by atoms with Gasteiger partial charge in [-0.1, -0.05) is 48.3 Å². The van der Waals surface area contributed by atoms with E-state index < -0.39 is 20.7 Å². The van der Waals surface area contributed by atoms with Gasteiger partial charge in [-0.25, -0.2) is 8.42 Å². The van der Waals surface area contributed by atoms with Crippen molar-refractivity contribution in [1.29, 1.82) is 0 Å². The van der Waals surface area contributed by atoms with Gasteiger partial charge in [0.15, 0.2) is 0 Å². The van der Waals surface area contributed by atoms with E-state index in [1.165, 1.54) is 47.5 Å². The van der Waals surface area contributed by atoms with E-state index in [9.17, 15) is 23.6 Å². The quantitative estimate of drug-likeness (QED) is 0.258. The minimum Gasteiger partial charge on any atom is -0.612 e. The lowest BCUT2D eigenvalue weighted by Gasteiger charge is -2.25. The number of halogens is 2. The summed E-state index contributed by atoms with van der Waals surface area (Å²) in [6.07, 6.45) is 0. The number of anilines is 1. The van der Waals surface area contributed by atoms with Crippen LogP contribution in [0.25, 0.3) is 5.70 Å². The standard InChI is InChI=1S/C24H19Cl2N3O6S/c1-2-35-24(30)21-23(36(33,34)18-6-4-3-5-7-18)22(15-8-11-17(12-9-15)29(31)32)28(27-21)20-13-10-16(25)14-19(20)26/h3-14,27,30H,2H2,1H3/p-1. The Morgan fingerprint density at radius 1 is 1.06 bits per heavy atom. The number of rotatable bonds is 7. The second-order valence-corrected chi connectivity index (χ2v) is 10.2. The molecule has 0 atom stereocenters. The van der Waals surface area contributed by atoms with Gasteiger partial charge >= 0.3 is 0 Å². The third kappa shape index (κ3) is 4.70. The minimum absolute atomic E-state index is 0.00273. The Morgan fingerprint density at radius 2 is 1.72 bits per heavy atom. The number of nitro groups is 1. The average Bonchev–Trinajstić information content (AvgIpc) is 3.26. The number of nitro benzene ring substituents is 1. The van der Waals surface area contributed by atoms with Gasteiger partial charge in [-0.15, -0.1) is 0 Å². The van der Waals surface area contributed by atoms with Crippen molar-refractivity contribution in [1.82, 2.24) is 5.43 Å². The molecule has 12 heteroatoms. The smallest absolute Gasteiger partial charge is 0.269 e. The lowest BCUT2D eigenvalue weighted by atomic mass is 10.1. The van der Waals surface area contributed by atoms with Crippen molar-refractivity contribution < 1.29 is 23.2 Å². The van der Waals surface area contributed by atoms with Crippen LogP contribution in [0.15, 0.2) is 94.2 Å². The molecule has 1 heterocycles. The first kappa shape index (κ1) is 25.4. The highest BCUT2D eigenvalue weighted by Crippen LogP contribution is 2.43. The third-order valence-corrected chi connectivity index (χ3v) is 7.56. The molecule has 9 nitrogen and oxygen atoms in total. The average molecular weight is 547 g/mol. The van der Waals surface area contributed by atoms with Gasteiger partial charge in [0.05, 0.1) is 37.9 Å².